The number of aromatic nitrogens is 4. The summed E-state index contributed by atoms with van der Waals surface area (Å²) in [5.41, 5.74) is 12.7. The zero-order valence-electron chi connectivity index (χ0n) is 34.2. The van der Waals surface area contributed by atoms with Crippen molar-refractivity contribution in [1.82, 2.24) is 34.1 Å². The largest absolute Gasteiger partial charge is 0.387 e. The lowest BCUT2D eigenvalue weighted by Crippen LogP contribution is -2.35. The summed E-state index contributed by atoms with van der Waals surface area (Å²) in [4.78, 5) is 16.5. The molecule has 2 aromatic carbocycles. The van der Waals surface area contributed by atoms with E-state index >= 15 is 0 Å². The number of anilines is 1. The number of nitrogens with one attached hydrogen (secondary N) is 2. The molecule has 18 heteroatoms. The van der Waals surface area contributed by atoms with Gasteiger partial charge in [-0.2, -0.15) is 18.6 Å². The van der Waals surface area contributed by atoms with Crippen molar-refractivity contribution in [2.75, 3.05) is 33.5 Å². The van der Waals surface area contributed by atoms with Crippen molar-refractivity contribution in [2.45, 2.75) is 100 Å². The highest BCUT2D eigenvalue weighted by Crippen LogP contribution is 2.40. The monoisotopic (exact) mass is 834 g/mol. The molecule has 0 aliphatic heterocycles. The molecule has 16 nitrogen and oxygen atoms in total. The minimum absolute atomic E-state index is 0.0862. The van der Waals surface area contributed by atoms with E-state index in [1.807, 2.05) is 44.2 Å². The molecule has 4 aliphatic rings. The SMILES string of the molecule is CN(C)Cc1cc(S(=O)(=O)NC(=O)Nc2c3c(cc4c2CCC4)CCC3)nn1C.CN(C)Cc1cc(S(N)(=O)=O)nn1C.N#COc1c2c(cc3c1CCC3)CCC2. The third-order valence-corrected chi connectivity index (χ3v) is 12.9. The molecule has 4 aliphatic carbocycles. The molecule has 0 bridgehead atoms. The van der Waals surface area contributed by atoms with Crippen molar-refractivity contribution in [3.8, 4) is 12.0 Å². The van der Waals surface area contributed by atoms with Crippen LogP contribution < -0.4 is 19.9 Å². The Morgan fingerprint density at radius 1 is 0.724 bits per heavy atom. The molecule has 2 amide bonds. The Balaban J connectivity index is 0.000000164. The number of amides is 2. The van der Waals surface area contributed by atoms with E-state index in [0.29, 0.717) is 13.1 Å². The summed E-state index contributed by atoms with van der Waals surface area (Å²) in [5.74, 6) is 0.903. The maximum Gasteiger partial charge on any atom is 0.333 e. The lowest BCUT2D eigenvalue weighted by molar-refractivity contribution is 0.256. The summed E-state index contributed by atoms with van der Waals surface area (Å²) in [7, 11) is 3.20. The van der Waals surface area contributed by atoms with Gasteiger partial charge in [0.15, 0.2) is 10.1 Å². The minimum Gasteiger partial charge on any atom is -0.387 e. The average Bonchev–Trinajstić information content (AvgIpc) is 3.99. The minimum atomic E-state index is -4.06. The fourth-order valence-electron chi connectivity index (χ4n) is 8.38. The highest BCUT2D eigenvalue weighted by molar-refractivity contribution is 7.90. The van der Waals surface area contributed by atoms with Crippen LogP contribution in [-0.2, 0) is 98.6 Å². The van der Waals surface area contributed by atoms with Crippen LogP contribution in [-0.4, -0.2) is 80.4 Å². The van der Waals surface area contributed by atoms with Gasteiger partial charge in [-0.25, -0.2) is 23.1 Å². The third-order valence-electron chi connectivity index (χ3n) is 10.9. The number of ether oxygens (including phenoxy) is 1. The number of nitrogens with two attached hydrogens (primary N) is 1. The predicted octanol–water partition coefficient (Wildman–Crippen LogP) is 3.62. The van der Waals surface area contributed by atoms with Crippen LogP contribution >= 0.6 is 0 Å². The molecule has 4 aromatic rings. The van der Waals surface area contributed by atoms with Crippen LogP contribution in [0.25, 0.3) is 0 Å². The first-order valence-corrected chi connectivity index (χ1v) is 22.6. The van der Waals surface area contributed by atoms with E-state index in [1.165, 1.54) is 67.7 Å². The lowest BCUT2D eigenvalue weighted by Gasteiger charge is -2.16. The number of fused-ring (bicyclic) bond motifs is 4. The van der Waals surface area contributed by atoms with Gasteiger partial charge >= 0.3 is 6.03 Å². The number of hydrogen-bond acceptors (Lipinski definition) is 11. The molecule has 312 valence electrons. The van der Waals surface area contributed by atoms with Crippen LogP contribution in [0.2, 0.25) is 0 Å². The number of urea groups is 1. The molecule has 8 rings (SSSR count). The Kier molecular flexibility index (Phi) is 13.0. The van der Waals surface area contributed by atoms with E-state index < -0.39 is 26.1 Å². The molecule has 2 aromatic heterocycles. The normalized spacial score (nSPS) is 15.1. The molecule has 0 spiro atoms. The van der Waals surface area contributed by atoms with Gasteiger partial charge in [-0.05, 0) is 150 Å². The highest BCUT2D eigenvalue weighted by Gasteiger charge is 2.28. The topological polar surface area (TPSA) is 211 Å². The zero-order chi connectivity index (χ0) is 41.9. The third kappa shape index (κ3) is 9.72. The lowest BCUT2D eigenvalue weighted by atomic mass is 9.99. The van der Waals surface area contributed by atoms with E-state index in [2.05, 4.69) is 32.4 Å². The van der Waals surface area contributed by atoms with Gasteiger partial charge in [0.05, 0.1) is 11.4 Å². The van der Waals surface area contributed by atoms with Gasteiger partial charge in [0.25, 0.3) is 26.3 Å². The van der Waals surface area contributed by atoms with Crippen molar-refractivity contribution in [3.05, 3.63) is 80.2 Å². The van der Waals surface area contributed by atoms with E-state index in [1.54, 1.807) is 14.1 Å². The van der Waals surface area contributed by atoms with Crippen LogP contribution in [0.1, 0.15) is 81.6 Å². The molecule has 0 fully saturated rings. The summed E-state index contributed by atoms with van der Waals surface area (Å²) in [6.45, 7) is 1.17. The van der Waals surface area contributed by atoms with Gasteiger partial charge in [-0.3, -0.25) is 9.36 Å². The number of sulfonamides is 2. The molecular weight excluding hydrogens is 781 g/mol. The Morgan fingerprint density at radius 2 is 1.14 bits per heavy atom. The van der Waals surface area contributed by atoms with Gasteiger partial charge in [0.2, 0.25) is 0 Å². The van der Waals surface area contributed by atoms with Crippen molar-refractivity contribution in [3.63, 3.8) is 0 Å². The second-order valence-electron chi connectivity index (χ2n) is 15.9. The van der Waals surface area contributed by atoms with Gasteiger partial charge in [0, 0.05) is 45.0 Å². The van der Waals surface area contributed by atoms with Gasteiger partial charge in [-0.15, -0.1) is 5.26 Å². The number of carbonyl (C=O) groups excluding carboxylic acids is 1. The maximum absolute atomic E-state index is 12.7. The summed E-state index contributed by atoms with van der Waals surface area (Å²) >= 11 is 0. The molecule has 0 unspecified atom stereocenters. The fraction of sp³-hybridized carbons (Fsp3) is 0.500. The number of nitrogens with zero attached hydrogens (tertiary/aromatic N) is 7. The van der Waals surface area contributed by atoms with Crippen LogP contribution in [0.3, 0.4) is 0 Å². The molecular formula is C40H54N10O6S2. The molecule has 0 saturated carbocycles. The van der Waals surface area contributed by atoms with E-state index in [9.17, 15) is 21.6 Å². The molecule has 4 N–H and O–H groups in total. The average molecular weight is 835 g/mol. The first kappa shape index (κ1) is 42.8. The fourth-order valence-corrected chi connectivity index (χ4v) is 9.84. The molecule has 2 heterocycles. The van der Waals surface area contributed by atoms with Crippen molar-refractivity contribution in [2.24, 2.45) is 19.2 Å². The molecule has 0 saturated heterocycles. The van der Waals surface area contributed by atoms with Gasteiger partial charge < -0.3 is 19.9 Å². The van der Waals surface area contributed by atoms with E-state index in [-0.39, 0.29) is 10.1 Å². The van der Waals surface area contributed by atoms with Gasteiger partial charge in [0.1, 0.15) is 5.75 Å². The van der Waals surface area contributed by atoms with Crippen molar-refractivity contribution >= 4 is 31.8 Å². The predicted molar refractivity (Wildman–Crippen MR) is 219 cm³/mol. The summed E-state index contributed by atoms with van der Waals surface area (Å²) < 4.78 is 57.7. The molecule has 58 heavy (non-hydrogen) atoms. The second-order valence-corrected chi connectivity index (χ2v) is 19.0. The number of nitriles is 1. The summed E-state index contributed by atoms with van der Waals surface area (Å²) in [6.07, 6.45) is 14.7. The number of aryl methyl sites for hydroxylation is 6. The van der Waals surface area contributed by atoms with E-state index in [0.717, 1.165) is 98.2 Å². The highest BCUT2D eigenvalue weighted by atomic mass is 32.2. The quantitative estimate of drug-likeness (QED) is 0.207. The van der Waals surface area contributed by atoms with Gasteiger partial charge in [-0.1, -0.05) is 12.1 Å². The summed E-state index contributed by atoms with van der Waals surface area (Å²) in [5, 5.41) is 24.2. The van der Waals surface area contributed by atoms with Crippen molar-refractivity contribution in [1.29, 1.82) is 5.26 Å². The van der Waals surface area contributed by atoms with Crippen LogP contribution in [0, 0.1) is 11.5 Å². The van der Waals surface area contributed by atoms with Crippen molar-refractivity contribution < 1.29 is 26.4 Å². The first-order valence-electron chi connectivity index (χ1n) is 19.6. The number of carbonyl (C=O) groups is 1. The molecule has 0 radical (unpaired) electrons. The maximum atomic E-state index is 12.7. The smallest absolute Gasteiger partial charge is 0.333 e. The Bertz CT molecular complexity index is 2400. The van der Waals surface area contributed by atoms with E-state index in [4.69, 9.17) is 15.1 Å². The Morgan fingerprint density at radius 3 is 1.55 bits per heavy atom. The first-order chi connectivity index (χ1) is 27.4. The number of benzene rings is 2. The van der Waals surface area contributed by atoms with Crippen LogP contribution in [0.15, 0.2) is 34.3 Å². The zero-order valence-corrected chi connectivity index (χ0v) is 35.8. The Hall–Kier alpha value is -4.80. The number of hydrogen-bond donors (Lipinski definition) is 3. The Labute approximate surface area is 341 Å². The number of rotatable bonds is 9. The standard InChI is InChI=1S/C20H27N5O3S.C13H13NO.C7H14N4O2S/c1-24(2)12-15-11-18(22-25(15)3)29(27,28)23-20(26)21-19-16-8-4-6-13(16)10-14-7-5-9-17(14)19;14-8-15-13-11-5-1-3-9(11)7-10-4-2-6-12(10)13;1-10(2)5-6-4-7(9-11(6)3)14(8,12)13/h10-11H,4-9,12H2,1-3H3,(H2,21,23,26);7H,1-6H2;4H,5H2,1-3H3,(H2,8,12,13). The number of primary sulfonamides is 1. The summed E-state index contributed by atoms with van der Waals surface area (Å²) in [6, 6.07) is 6.85. The molecule has 0 atom stereocenters. The van der Waals surface area contributed by atoms with Crippen LogP contribution in [0.4, 0.5) is 10.5 Å². The van der Waals surface area contributed by atoms with Crippen LogP contribution in [0.5, 0.6) is 5.75 Å². The second kappa shape index (κ2) is 17.6.